The van der Waals surface area contributed by atoms with Crippen LogP contribution < -0.4 is 0 Å². The van der Waals surface area contributed by atoms with E-state index in [1.54, 1.807) is 21.3 Å². The zero-order chi connectivity index (χ0) is 18.8. The maximum Gasteiger partial charge on any atom is 0.120 e. The van der Waals surface area contributed by atoms with E-state index in [-0.39, 0.29) is 5.60 Å². The SMILES string of the molecule is C=C1C(C)CC1OC.C=C1C(C)CC1OC.COC1CC(C)C12CO2. The largest absolute Gasteiger partial charge is 0.378 e. The summed E-state index contributed by atoms with van der Waals surface area (Å²) in [6.45, 7) is 15.2. The number of hydrogen-bond donors (Lipinski definition) is 0. The molecule has 4 aliphatic rings. The first-order valence-electron chi connectivity index (χ1n) is 9.40. The van der Waals surface area contributed by atoms with Gasteiger partial charge in [-0.25, -0.2) is 0 Å². The summed E-state index contributed by atoms with van der Waals surface area (Å²) >= 11 is 0. The second kappa shape index (κ2) is 8.34. The van der Waals surface area contributed by atoms with Gasteiger partial charge in [0.25, 0.3) is 0 Å². The summed E-state index contributed by atoms with van der Waals surface area (Å²) in [5, 5.41) is 0. The lowest BCUT2D eigenvalue weighted by Crippen LogP contribution is -2.49. The maximum absolute atomic E-state index is 5.32. The molecular formula is C21H36O4. The fourth-order valence-corrected chi connectivity index (χ4v) is 3.78. The maximum atomic E-state index is 5.32. The summed E-state index contributed by atoms with van der Waals surface area (Å²) in [5.74, 6) is 2.11. The van der Waals surface area contributed by atoms with Crippen molar-refractivity contribution in [2.45, 2.75) is 63.9 Å². The van der Waals surface area contributed by atoms with Crippen molar-refractivity contribution in [3.05, 3.63) is 24.3 Å². The number of ether oxygens (including phenoxy) is 4. The lowest BCUT2D eigenvalue weighted by Gasteiger charge is -2.39. The van der Waals surface area contributed by atoms with Gasteiger partial charge in [0, 0.05) is 21.3 Å². The molecule has 1 aliphatic heterocycles. The number of rotatable bonds is 3. The first-order chi connectivity index (χ1) is 11.8. The molecule has 0 bridgehead atoms. The molecule has 144 valence electrons. The molecule has 0 N–H and O–H groups in total. The Hall–Kier alpha value is -0.680. The second-order valence-corrected chi connectivity index (χ2v) is 7.98. The van der Waals surface area contributed by atoms with Gasteiger partial charge in [0.2, 0.25) is 0 Å². The smallest absolute Gasteiger partial charge is 0.120 e. The van der Waals surface area contributed by atoms with Crippen LogP contribution in [0, 0.1) is 17.8 Å². The van der Waals surface area contributed by atoms with E-state index < -0.39 is 0 Å². The van der Waals surface area contributed by atoms with E-state index in [9.17, 15) is 0 Å². The Bertz CT molecular complexity index is 454. The van der Waals surface area contributed by atoms with Gasteiger partial charge in [-0.05, 0) is 48.2 Å². The van der Waals surface area contributed by atoms with Crippen molar-refractivity contribution in [1.82, 2.24) is 0 Å². The molecule has 0 aromatic carbocycles. The minimum Gasteiger partial charge on any atom is -0.378 e. The molecule has 1 saturated heterocycles. The van der Waals surface area contributed by atoms with E-state index >= 15 is 0 Å². The molecule has 1 spiro atoms. The number of methoxy groups -OCH3 is 3. The molecule has 4 rings (SSSR count). The van der Waals surface area contributed by atoms with Crippen molar-refractivity contribution in [2.75, 3.05) is 27.9 Å². The van der Waals surface area contributed by atoms with Crippen molar-refractivity contribution >= 4 is 0 Å². The summed E-state index contributed by atoms with van der Waals surface area (Å²) in [6.07, 6.45) is 4.63. The molecule has 4 fully saturated rings. The second-order valence-electron chi connectivity index (χ2n) is 7.98. The summed E-state index contributed by atoms with van der Waals surface area (Å²) in [7, 11) is 5.24. The van der Waals surface area contributed by atoms with Crippen LogP contribution in [-0.4, -0.2) is 51.8 Å². The predicted octanol–water partition coefficient (Wildman–Crippen LogP) is 4.01. The van der Waals surface area contributed by atoms with Crippen LogP contribution in [0.15, 0.2) is 24.3 Å². The van der Waals surface area contributed by atoms with Crippen LogP contribution in [0.2, 0.25) is 0 Å². The molecule has 1 heterocycles. The highest BCUT2D eigenvalue weighted by atomic mass is 16.6. The molecule has 7 atom stereocenters. The van der Waals surface area contributed by atoms with Gasteiger partial charge in [0.05, 0.1) is 24.9 Å². The standard InChI is InChI=1S/C7H12O2.2C7H12O/c1-5-3-6(8-2)7(5)4-9-7;2*1-5-4-7(8-3)6(5)2/h5-6H,3-4H2,1-2H3;2*5,7H,2,4H2,1,3H3. The average Bonchev–Trinajstić information content (AvgIpc) is 3.45. The monoisotopic (exact) mass is 352 g/mol. The van der Waals surface area contributed by atoms with Crippen LogP contribution in [0.1, 0.15) is 40.0 Å². The lowest BCUT2D eigenvalue weighted by atomic mass is 9.72. The Morgan fingerprint density at radius 3 is 1.40 bits per heavy atom. The zero-order valence-electron chi connectivity index (χ0n) is 16.8. The lowest BCUT2D eigenvalue weighted by molar-refractivity contribution is -0.0764. The third-order valence-electron chi connectivity index (χ3n) is 6.51. The summed E-state index contributed by atoms with van der Waals surface area (Å²) in [5.41, 5.74) is 2.69. The molecule has 0 aromatic rings. The normalized spacial score (nSPS) is 43.6. The summed E-state index contributed by atoms with van der Waals surface area (Å²) < 4.78 is 20.7. The van der Waals surface area contributed by atoms with Crippen molar-refractivity contribution in [1.29, 1.82) is 0 Å². The van der Waals surface area contributed by atoms with E-state index in [1.807, 2.05) is 0 Å². The van der Waals surface area contributed by atoms with Crippen LogP contribution in [0.3, 0.4) is 0 Å². The van der Waals surface area contributed by atoms with E-state index in [1.165, 1.54) is 17.6 Å². The van der Waals surface area contributed by atoms with E-state index in [2.05, 4.69) is 33.9 Å². The molecule has 7 unspecified atom stereocenters. The van der Waals surface area contributed by atoms with E-state index in [0.717, 1.165) is 25.4 Å². The number of epoxide rings is 1. The molecule has 4 heteroatoms. The highest BCUT2D eigenvalue weighted by molar-refractivity contribution is 5.17. The zero-order valence-corrected chi connectivity index (χ0v) is 16.8. The third kappa shape index (κ3) is 4.19. The molecule has 3 saturated carbocycles. The van der Waals surface area contributed by atoms with Crippen molar-refractivity contribution < 1.29 is 18.9 Å². The minimum absolute atomic E-state index is 0.175. The molecule has 0 radical (unpaired) electrons. The number of hydrogen-bond acceptors (Lipinski definition) is 4. The summed E-state index contributed by atoms with van der Waals surface area (Å²) in [6, 6.07) is 0. The van der Waals surface area contributed by atoms with Crippen molar-refractivity contribution in [2.24, 2.45) is 17.8 Å². The van der Waals surface area contributed by atoms with Crippen molar-refractivity contribution in [3.8, 4) is 0 Å². The Balaban J connectivity index is 0.000000136. The molecule has 25 heavy (non-hydrogen) atoms. The van der Waals surface area contributed by atoms with Gasteiger partial charge in [-0.2, -0.15) is 0 Å². The Kier molecular flexibility index (Phi) is 6.88. The topological polar surface area (TPSA) is 40.2 Å². The highest BCUT2D eigenvalue weighted by Gasteiger charge is 2.63. The van der Waals surface area contributed by atoms with Crippen molar-refractivity contribution in [3.63, 3.8) is 0 Å². The summed E-state index contributed by atoms with van der Waals surface area (Å²) in [4.78, 5) is 0. The van der Waals surface area contributed by atoms with Gasteiger partial charge < -0.3 is 18.9 Å². The Morgan fingerprint density at radius 2 is 1.28 bits per heavy atom. The van der Waals surface area contributed by atoms with E-state index in [4.69, 9.17) is 18.9 Å². The van der Waals surface area contributed by atoms with Crippen LogP contribution in [0.5, 0.6) is 0 Å². The van der Waals surface area contributed by atoms with Crippen LogP contribution >= 0.6 is 0 Å². The average molecular weight is 353 g/mol. The highest BCUT2D eigenvalue weighted by Crippen LogP contribution is 2.52. The first kappa shape index (κ1) is 20.6. The van der Waals surface area contributed by atoms with Gasteiger partial charge in [-0.3, -0.25) is 0 Å². The molecule has 0 amide bonds. The Morgan fingerprint density at radius 1 is 0.840 bits per heavy atom. The van der Waals surface area contributed by atoms with Gasteiger partial charge in [-0.15, -0.1) is 0 Å². The fraction of sp³-hybridized carbons (Fsp3) is 0.810. The van der Waals surface area contributed by atoms with Gasteiger partial charge >= 0.3 is 0 Å². The van der Waals surface area contributed by atoms with Crippen LogP contribution in [0.25, 0.3) is 0 Å². The quantitative estimate of drug-likeness (QED) is 0.568. The minimum atomic E-state index is 0.175. The third-order valence-corrected chi connectivity index (χ3v) is 6.51. The molecule has 4 nitrogen and oxygen atoms in total. The molecule has 3 aliphatic carbocycles. The predicted molar refractivity (Wildman–Crippen MR) is 101 cm³/mol. The molecule has 0 aromatic heterocycles. The van der Waals surface area contributed by atoms with Gasteiger partial charge in [0.15, 0.2) is 0 Å². The van der Waals surface area contributed by atoms with Crippen LogP contribution in [-0.2, 0) is 18.9 Å². The van der Waals surface area contributed by atoms with Crippen LogP contribution in [0.4, 0.5) is 0 Å². The van der Waals surface area contributed by atoms with Gasteiger partial charge in [-0.1, -0.05) is 33.9 Å². The molecular weight excluding hydrogens is 316 g/mol. The fourth-order valence-electron chi connectivity index (χ4n) is 3.78. The van der Waals surface area contributed by atoms with Gasteiger partial charge in [0.1, 0.15) is 5.60 Å². The Labute approximate surface area is 153 Å². The van der Waals surface area contributed by atoms with E-state index in [0.29, 0.717) is 30.1 Å². The first-order valence-corrected chi connectivity index (χ1v) is 9.40.